The highest BCUT2D eigenvalue weighted by Gasteiger charge is 2.36. The SMILES string of the molecule is COc1ccc(C)cc1N1CC(C(=O)Nc2ccnn2C(C)C)CC1=O. The van der Waals surface area contributed by atoms with Gasteiger partial charge in [0.25, 0.3) is 0 Å². The van der Waals surface area contributed by atoms with Crippen molar-refractivity contribution >= 4 is 23.3 Å². The molecule has 1 saturated heterocycles. The molecule has 2 heterocycles. The molecule has 1 aliphatic rings. The van der Waals surface area contributed by atoms with Crippen molar-refractivity contribution in [2.24, 2.45) is 5.92 Å². The minimum absolute atomic E-state index is 0.0774. The lowest BCUT2D eigenvalue weighted by Crippen LogP contribution is -2.29. The molecule has 1 aromatic carbocycles. The van der Waals surface area contributed by atoms with E-state index in [1.54, 1.807) is 29.0 Å². The number of carbonyl (C=O) groups excluding carboxylic acids is 2. The molecule has 0 aliphatic carbocycles. The number of methoxy groups -OCH3 is 1. The summed E-state index contributed by atoms with van der Waals surface area (Å²) >= 11 is 0. The fourth-order valence-corrected chi connectivity index (χ4v) is 3.18. The zero-order chi connectivity index (χ0) is 18.8. The molecule has 0 saturated carbocycles. The van der Waals surface area contributed by atoms with Gasteiger partial charge in [-0.05, 0) is 38.5 Å². The Morgan fingerprint density at radius 1 is 1.35 bits per heavy atom. The molecule has 138 valence electrons. The van der Waals surface area contributed by atoms with Gasteiger partial charge in [0, 0.05) is 25.1 Å². The van der Waals surface area contributed by atoms with Gasteiger partial charge in [-0.25, -0.2) is 4.68 Å². The van der Waals surface area contributed by atoms with Crippen molar-refractivity contribution in [2.45, 2.75) is 33.2 Å². The molecule has 7 nitrogen and oxygen atoms in total. The van der Waals surface area contributed by atoms with Gasteiger partial charge in [0.2, 0.25) is 11.8 Å². The second kappa shape index (κ2) is 7.19. The lowest BCUT2D eigenvalue weighted by molar-refractivity contribution is -0.122. The molecular weight excluding hydrogens is 332 g/mol. The molecule has 1 N–H and O–H groups in total. The van der Waals surface area contributed by atoms with Crippen molar-refractivity contribution in [2.75, 3.05) is 23.9 Å². The van der Waals surface area contributed by atoms with Crippen LogP contribution in [-0.4, -0.2) is 35.2 Å². The monoisotopic (exact) mass is 356 g/mol. The zero-order valence-electron chi connectivity index (χ0n) is 15.5. The number of rotatable bonds is 5. The first-order valence-corrected chi connectivity index (χ1v) is 8.70. The van der Waals surface area contributed by atoms with Gasteiger partial charge >= 0.3 is 0 Å². The standard InChI is InChI=1S/C19H24N4O3/c1-12(2)23-17(7-8-20-23)21-19(25)14-10-18(24)22(11-14)15-9-13(3)5-6-16(15)26-4/h5-9,12,14H,10-11H2,1-4H3,(H,21,25). The highest BCUT2D eigenvalue weighted by molar-refractivity contribution is 6.04. The maximum absolute atomic E-state index is 12.7. The average Bonchev–Trinajstić information content (AvgIpc) is 3.21. The van der Waals surface area contributed by atoms with E-state index in [2.05, 4.69) is 10.4 Å². The van der Waals surface area contributed by atoms with Crippen molar-refractivity contribution in [3.63, 3.8) is 0 Å². The number of amides is 2. The summed E-state index contributed by atoms with van der Waals surface area (Å²) in [5, 5.41) is 7.11. The number of benzene rings is 1. The molecule has 1 aromatic heterocycles. The summed E-state index contributed by atoms with van der Waals surface area (Å²) in [6.45, 7) is 6.28. The van der Waals surface area contributed by atoms with E-state index < -0.39 is 5.92 Å². The molecule has 2 amide bonds. The number of anilines is 2. The summed E-state index contributed by atoms with van der Waals surface area (Å²) in [5.41, 5.74) is 1.74. The molecule has 1 atom stereocenters. The summed E-state index contributed by atoms with van der Waals surface area (Å²) < 4.78 is 7.12. The van der Waals surface area contributed by atoms with Crippen LogP contribution < -0.4 is 15.0 Å². The lowest BCUT2D eigenvalue weighted by atomic mass is 10.1. The predicted molar refractivity (Wildman–Crippen MR) is 99.4 cm³/mol. The third kappa shape index (κ3) is 3.42. The zero-order valence-corrected chi connectivity index (χ0v) is 15.5. The summed E-state index contributed by atoms with van der Waals surface area (Å²) in [5.74, 6) is 0.608. The minimum Gasteiger partial charge on any atom is -0.495 e. The summed E-state index contributed by atoms with van der Waals surface area (Å²) in [6, 6.07) is 7.58. The van der Waals surface area contributed by atoms with Crippen molar-refractivity contribution in [3.05, 3.63) is 36.0 Å². The van der Waals surface area contributed by atoms with Crippen LogP contribution in [0.5, 0.6) is 5.75 Å². The smallest absolute Gasteiger partial charge is 0.230 e. The van der Waals surface area contributed by atoms with Gasteiger partial charge in [-0.15, -0.1) is 0 Å². The Hall–Kier alpha value is -2.83. The van der Waals surface area contributed by atoms with Crippen molar-refractivity contribution in [1.82, 2.24) is 9.78 Å². The van der Waals surface area contributed by atoms with E-state index in [1.165, 1.54) is 0 Å². The van der Waals surface area contributed by atoms with Crippen LogP contribution in [0.1, 0.15) is 31.9 Å². The maximum atomic E-state index is 12.7. The topological polar surface area (TPSA) is 76.5 Å². The van der Waals surface area contributed by atoms with Crippen LogP contribution in [0.3, 0.4) is 0 Å². The Balaban J connectivity index is 1.76. The predicted octanol–water partition coefficient (Wildman–Crippen LogP) is 2.77. The summed E-state index contributed by atoms with van der Waals surface area (Å²) in [4.78, 5) is 26.8. The van der Waals surface area contributed by atoms with E-state index in [0.29, 0.717) is 23.8 Å². The van der Waals surface area contributed by atoms with E-state index in [-0.39, 0.29) is 24.3 Å². The van der Waals surface area contributed by atoms with Gasteiger partial charge in [0.15, 0.2) is 0 Å². The van der Waals surface area contributed by atoms with E-state index in [9.17, 15) is 9.59 Å². The number of hydrogen-bond donors (Lipinski definition) is 1. The van der Waals surface area contributed by atoms with E-state index in [0.717, 1.165) is 5.56 Å². The van der Waals surface area contributed by atoms with Crippen LogP contribution in [-0.2, 0) is 9.59 Å². The second-order valence-corrected chi connectivity index (χ2v) is 6.82. The van der Waals surface area contributed by atoms with Crippen molar-refractivity contribution < 1.29 is 14.3 Å². The fraction of sp³-hybridized carbons (Fsp3) is 0.421. The Kier molecular flexibility index (Phi) is 4.97. The van der Waals surface area contributed by atoms with Crippen molar-refractivity contribution in [3.8, 4) is 5.75 Å². The molecule has 0 spiro atoms. The molecule has 1 aliphatic heterocycles. The molecular formula is C19H24N4O3. The highest BCUT2D eigenvalue weighted by Crippen LogP contribution is 2.34. The van der Waals surface area contributed by atoms with E-state index in [4.69, 9.17) is 4.74 Å². The number of nitrogens with zero attached hydrogens (tertiary/aromatic N) is 3. The Morgan fingerprint density at radius 3 is 2.81 bits per heavy atom. The Morgan fingerprint density at radius 2 is 2.12 bits per heavy atom. The Bertz CT molecular complexity index is 828. The number of ether oxygens (including phenoxy) is 1. The first-order chi connectivity index (χ1) is 12.4. The second-order valence-electron chi connectivity index (χ2n) is 6.82. The van der Waals surface area contributed by atoms with Crippen LogP contribution in [0, 0.1) is 12.8 Å². The van der Waals surface area contributed by atoms with Gasteiger partial charge in [-0.1, -0.05) is 6.07 Å². The maximum Gasteiger partial charge on any atom is 0.230 e. The largest absolute Gasteiger partial charge is 0.495 e. The van der Waals surface area contributed by atoms with Crippen LogP contribution in [0.4, 0.5) is 11.5 Å². The van der Waals surface area contributed by atoms with E-state index in [1.807, 2.05) is 39.0 Å². The number of aryl methyl sites for hydroxylation is 1. The quantitative estimate of drug-likeness (QED) is 0.894. The minimum atomic E-state index is -0.414. The molecule has 7 heteroatoms. The lowest BCUT2D eigenvalue weighted by Gasteiger charge is -2.20. The van der Waals surface area contributed by atoms with Crippen LogP contribution in [0.2, 0.25) is 0 Å². The number of carbonyl (C=O) groups is 2. The first-order valence-electron chi connectivity index (χ1n) is 8.70. The molecule has 2 aromatic rings. The van der Waals surface area contributed by atoms with Crippen molar-refractivity contribution in [1.29, 1.82) is 0 Å². The van der Waals surface area contributed by atoms with Gasteiger partial charge in [-0.2, -0.15) is 5.10 Å². The third-order valence-electron chi connectivity index (χ3n) is 4.53. The van der Waals surface area contributed by atoms with Gasteiger partial charge in [0.1, 0.15) is 11.6 Å². The molecule has 26 heavy (non-hydrogen) atoms. The van der Waals surface area contributed by atoms with Gasteiger partial charge < -0.3 is 15.0 Å². The molecule has 0 bridgehead atoms. The van der Waals surface area contributed by atoms with Crippen LogP contribution in [0.25, 0.3) is 0 Å². The number of aromatic nitrogens is 2. The summed E-state index contributed by atoms with van der Waals surface area (Å²) in [6.07, 6.45) is 1.83. The first kappa shape index (κ1) is 18.0. The molecule has 1 unspecified atom stereocenters. The number of nitrogens with one attached hydrogen (secondary N) is 1. The third-order valence-corrected chi connectivity index (χ3v) is 4.53. The number of hydrogen-bond acceptors (Lipinski definition) is 4. The molecule has 3 rings (SSSR count). The Labute approximate surface area is 152 Å². The van der Waals surface area contributed by atoms with E-state index >= 15 is 0 Å². The normalized spacial score (nSPS) is 17.0. The highest BCUT2D eigenvalue weighted by atomic mass is 16.5. The van der Waals surface area contributed by atoms with Crippen LogP contribution >= 0.6 is 0 Å². The summed E-state index contributed by atoms with van der Waals surface area (Å²) in [7, 11) is 1.58. The molecule has 0 radical (unpaired) electrons. The van der Waals surface area contributed by atoms with Gasteiger partial charge in [-0.3, -0.25) is 9.59 Å². The van der Waals surface area contributed by atoms with Crippen LogP contribution in [0.15, 0.2) is 30.5 Å². The van der Waals surface area contributed by atoms with Gasteiger partial charge in [0.05, 0.1) is 24.9 Å². The average molecular weight is 356 g/mol. The molecule has 1 fully saturated rings. The fourth-order valence-electron chi connectivity index (χ4n) is 3.18.